The number of pyridine rings is 3. The van der Waals surface area contributed by atoms with Crippen LogP contribution in [0.15, 0.2) is 425 Å². The van der Waals surface area contributed by atoms with Gasteiger partial charge in [-0.25, -0.2) is 29.6 Å². The maximum Gasteiger partial charge on any atom is 0.237 e. The lowest BCUT2D eigenvalue weighted by atomic mass is 9.98. The standard InChI is InChI=1S/C45H26N4.2C42H22N6/c1-2-13-28(14-3-1)47-35-20-10-7-17-31(35)41-39(47)25-46-26-40(41)48-36-21-11-8-18-32(36)43-38(48)24-33-30-16-6-9-19-34(30)49-37-23-22-27-12-4-5-15-29(27)42(37)44(43)45(33)49;1-43-26-12-8-11-25(22-26)39-40-31(16-9-21-44-40)45-42(46-39)48-33-18-7-5-15-29(33)37-35(48)23-30-28-14-4-6-17-32(28)47-34-20-19-24-10-2-3-13-27(24)36(34)38(37)41(30)47;1-43-26-12-8-11-25(22-26)39-30-16-9-21-44-41(30)46-42(45-39)48-33-18-7-5-15-29(33)37-35(48)23-31-28-14-4-6-17-32(28)47-34-20-19-24-10-2-3-13-27(24)36(34)38(37)40(31)47/h1-26H;2*2-23H. The highest BCUT2D eigenvalue weighted by Crippen LogP contribution is 2.55. The predicted molar refractivity (Wildman–Crippen MR) is 596 cm³/mol. The van der Waals surface area contributed by atoms with Crippen molar-refractivity contribution in [3.05, 3.63) is 448 Å². The Kier molecular flexibility index (Phi) is 16.1. The van der Waals surface area contributed by atoms with Gasteiger partial charge in [0.25, 0.3) is 0 Å². The summed E-state index contributed by atoms with van der Waals surface area (Å²) < 4.78 is 16.6. The second-order valence-electron chi connectivity index (χ2n) is 37.8. The molecule has 16 nitrogen and oxygen atoms in total. The molecule has 0 saturated carbocycles. The number of hydrogen-bond donors (Lipinski definition) is 0. The van der Waals surface area contributed by atoms with Gasteiger partial charge in [-0.3, -0.25) is 19.1 Å². The van der Waals surface area contributed by atoms with Gasteiger partial charge in [0.2, 0.25) is 11.9 Å². The van der Waals surface area contributed by atoms with E-state index in [1.54, 1.807) is 12.4 Å². The van der Waals surface area contributed by atoms with Crippen LogP contribution in [0.25, 0.3) is 311 Å². The number of hydrogen-bond acceptors (Lipinski definition) is 7. The average molecular weight is 1840 g/mol. The molecular weight excluding hydrogens is 1770 g/mol. The van der Waals surface area contributed by atoms with Gasteiger partial charge in [-0.05, 0) is 171 Å². The van der Waals surface area contributed by atoms with E-state index in [2.05, 4.69) is 375 Å². The van der Waals surface area contributed by atoms with Crippen LogP contribution in [0.4, 0.5) is 11.4 Å². The van der Waals surface area contributed by atoms with Crippen molar-refractivity contribution >= 4 is 267 Å². The van der Waals surface area contributed by atoms with Crippen molar-refractivity contribution < 1.29 is 0 Å². The molecule has 0 aliphatic heterocycles. The molecule has 0 bridgehead atoms. The maximum atomic E-state index is 7.63. The number of rotatable bonds is 6. The van der Waals surface area contributed by atoms with Gasteiger partial charge in [0.15, 0.2) is 17.0 Å². The lowest BCUT2D eigenvalue weighted by Crippen LogP contribution is -2.04. The molecule has 0 amide bonds. The van der Waals surface area contributed by atoms with Crippen LogP contribution < -0.4 is 0 Å². The topological polar surface area (TPSA) is 132 Å². The molecule has 15 aromatic heterocycles. The smallest absolute Gasteiger partial charge is 0.237 e. The molecule has 34 aromatic rings. The predicted octanol–water partition coefficient (Wildman–Crippen LogP) is 32.9. The molecule has 0 aliphatic carbocycles. The van der Waals surface area contributed by atoms with Crippen LogP contribution in [0, 0.1) is 13.1 Å². The summed E-state index contributed by atoms with van der Waals surface area (Å²) in [7, 11) is 0. The van der Waals surface area contributed by atoms with Gasteiger partial charge in [0.05, 0.1) is 136 Å². The zero-order valence-corrected chi connectivity index (χ0v) is 77.1. The summed E-state index contributed by atoms with van der Waals surface area (Å²) >= 11 is 0. The first-order chi connectivity index (χ1) is 71.9. The molecule has 19 aromatic carbocycles. The summed E-state index contributed by atoms with van der Waals surface area (Å²) in [6, 6.07) is 142. The Morgan fingerprint density at radius 1 is 0.221 bits per heavy atom. The van der Waals surface area contributed by atoms with E-state index < -0.39 is 0 Å². The maximum absolute atomic E-state index is 7.63. The van der Waals surface area contributed by atoms with E-state index in [0.717, 1.165) is 77.5 Å². The molecule has 0 radical (unpaired) electrons. The SMILES string of the molecule is [C-]#[N+]c1cccc(-c2nc(-n3c4ccccc4c4c5c6c7ccccc7ccc6n6c7ccccc7c(cc43)c56)nc3cccnc23)c1.[C-]#[N+]c1cccc(-c2nc(-n3c4ccccc4c4c5c6c7ccccc7ccc6n6c7ccccc7c(cc43)c56)nc3ncccc23)c1.c1ccc(-n2c3ccccc3c3c(-n4c5ccccc5c5c6c7c8ccccc8ccc7n7c8ccccc8c(cc54)c67)cncc32)cc1. The van der Waals surface area contributed by atoms with E-state index in [-0.39, 0.29) is 0 Å². The van der Waals surface area contributed by atoms with Crippen molar-refractivity contribution in [3.8, 4) is 45.8 Å². The van der Waals surface area contributed by atoms with E-state index in [4.69, 9.17) is 48.0 Å². The first-order valence-electron chi connectivity index (χ1n) is 48.6. The molecule has 0 aliphatic rings. The van der Waals surface area contributed by atoms with Crippen LogP contribution in [-0.4, -0.2) is 66.4 Å². The molecule has 0 unspecified atom stereocenters. The molecule has 0 saturated heterocycles. The molecule has 34 rings (SSSR count). The molecule has 15 heterocycles. The molecule has 666 valence electrons. The summed E-state index contributed by atoms with van der Waals surface area (Å²) in [5.41, 5.74) is 28.3. The fourth-order valence-corrected chi connectivity index (χ4v) is 24.9. The van der Waals surface area contributed by atoms with Crippen molar-refractivity contribution in [1.29, 1.82) is 0 Å². The van der Waals surface area contributed by atoms with Crippen molar-refractivity contribution in [1.82, 2.24) is 66.4 Å². The number of benzene rings is 19. The highest BCUT2D eigenvalue weighted by Gasteiger charge is 2.33. The number of aromatic nitrogens is 14. The molecule has 0 atom stereocenters. The first kappa shape index (κ1) is 78.7. The van der Waals surface area contributed by atoms with Crippen molar-refractivity contribution in [2.24, 2.45) is 0 Å². The third-order valence-corrected chi connectivity index (χ3v) is 30.6. The van der Waals surface area contributed by atoms with Gasteiger partial charge in [0, 0.05) is 131 Å². The Balaban J connectivity index is 0.0000000971. The highest BCUT2D eigenvalue weighted by molar-refractivity contribution is 6.43. The molecule has 0 spiro atoms. The Morgan fingerprint density at radius 2 is 0.593 bits per heavy atom. The zero-order valence-electron chi connectivity index (χ0n) is 77.1. The summed E-state index contributed by atoms with van der Waals surface area (Å²) in [4.78, 5) is 42.6. The first-order valence-corrected chi connectivity index (χ1v) is 48.6. The molecule has 16 heteroatoms. The van der Waals surface area contributed by atoms with Crippen LogP contribution in [0.5, 0.6) is 0 Å². The van der Waals surface area contributed by atoms with Crippen molar-refractivity contribution in [2.45, 2.75) is 0 Å². The summed E-state index contributed by atoms with van der Waals surface area (Å²) in [6.07, 6.45) is 7.62. The van der Waals surface area contributed by atoms with E-state index >= 15 is 0 Å². The number of nitrogens with zero attached hydrogens (tertiary/aromatic N) is 16. The Bertz CT molecular complexity index is 11400. The second kappa shape index (κ2) is 29.6. The van der Waals surface area contributed by atoms with Gasteiger partial charge in [0.1, 0.15) is 11.2 Å². The quantitative estimate of drug-likeness (QED) is 0.151. The second-order valence-corrected chi connectivity index (χ2v) is 37.8. The number of fused-ring (bicyclic) bond motifs is 41. The van der Waals surface area contributed by atoms with Crippen LogP contribution in [0.3, 0.4) is 0 Å². The van der Waals surface area contributed by atoms with Crippen LogP contribution >= 0.6 is 0 Å². The lowest BCUT2D eigenvalue weighted by Gasteiger charge is -2.11. The molecule has 0 fully saturated rings. The van der Waals surface area contributed by atoms with Gasteiger partial charge in [-0.1, -0.05) is 273 Å². The monoisotopic (exact) mass is 1840 g/mol. The molecule has 0 N–H and O–H groups in total. The minimum atomic E-state index is 0.544. The fraction of sp³-hybridized carbons (Fsp3) is 0. The van der Waals surface area contributed by atoms with Gasteiger partial charge in [-0.2, -0.15) is 4.98 Å². The summed E-state index contributed by atoms with van der Waals surface area (Å²) in [5.74, 6) is 1.11. The van der Waals surface area contributed by atoms with Gasteiger partial charge in [-0.15, -0.1) is 0 Å². The van der Waals surface area contributed by atoms with Crippen molar-refractivity contribution in [2.75, 3.05) is 0 Å². The van der Waals surface area contributed by atoms with Crippen LogP contribution in [-0.2, 0) is 0 Å². The third-order valence-electron chi connectivity index (χ3n) is 30.6. The summed E-state index contributed by atoms with van der Waals surface area (Å²) in [6.45, 7) is 15.3. The Labute approximate surface area is 821 Å². The van der Waals surface area contributed by atoms with Gasteiger partial charge < -0.3 is 22.3 Å². The molecule has 145 heavy (non-hydrogen) atoms. The van der Waals surface area contributed by atoms with E-state index in [9.17, 15) is 0 Å². The lowest BCUT2D eigenvalue weighted by molar-refractivity contribution is 1.01. The number of para-hydroxylation sites is 8. The van der Waals surface area contributed by atoms with E-state index in [0.29, 0.717) is 40.1 Å². The van der Waals surface area contributed by atoms with Crippen LogP contribution in [0.2, 0.25) is 0 Å². The minimum Gasteiger partial charge on any atom is -0.308 e. The Hall–Kier alpha value is -20.3. The van der Waals surface area contributed by atoms with Crippen LogP contribution in [0.1, 0.15) is 0 Å². The zero-order chi connectivity index (χ0) is 94.8. The largest absolute Gasteiger partial charge is 0.308 e. The minimum absolute atomic E-state index is 0.544. The summed E-state index contributed by atoms with van der Waals surface area (Å²) in [5, 5.41) is 32.9. The third kappa shape index (κ3) is 10.8. The van der Waals surface area contributed by atoms with Gasteiger partial charge >= 0.3 is 0 Å². The van der Waals surface area contributed by atoms with E-state index in [1.807, 2.05) is 79.0 Å². The van der Waals surface area contributed by atoms with Crippen molar-refractivity contribution in [3.63, 3.8) is 0 Å². The highest BCUT2D eigenvalue weighted by atomic mass is 15.2. The fourth-order valence-electron chi connectivity index (χ4n) is 24.9. The van der Waals surface area contributed by atoms with E-state index in [1.165, 1.54) is 195 Å². The normalized spacial score (nSPS) is 12.3. The average Bonchev–Trinajstić information content (AvgIpc) is 1.51. The Morgan fingerprint density at radius 3 is 1.08 bits per heavy atom. The molecular formula is C129H70N16.